The van der Waals surface area contributed by atoms with Gasteiger partial charge in [0, 0.05) is 33.0 Å². The first kappa shape index (κ1) is 15.7. The fourth-order valence-corrected chi connectivity index (χ4v) is 2.14. The van der Waals surface area contributed by atoms with Crippen molar-refractivity contribution in [2.45, 2.75) is 33.2 Å². The summed E-state index contributed by atoms with van der Waals surface area (Å²) in [6, 6.07) is 8.45. The normalized spacial score (nSPS) is 11.0. The maximum atomic E-state index is 5.01. The molecule has 0 aliphatic rings. The quantitative estimate of drug-likeness (QED) is 0.756. The first-order chi connectivity index (χ1) is 10.3. The molecule has 0 spiro atoms. The highest BCUT2D eigenvalue weighted by molar-refractivity contribution is 5.34. The average molecular weight is 288 g/mol. The smallest absolute Gasteiger partial charge is 0.151 e. The number of nitrogens with zero attached hydrogens (tertiary/aromatic N) is 3. The lowest BCUT2D eigenvalue weighted by molar-refractivity contribution is 0.199. The van der Waals surface area contributed by atoms with Crippen LogP contribution >= 0.6 is 0 Å². The fraction of sp³-hybridized carbons (Fsp3) is 0.500. The van der Waals surface area contributed by atoms with Gasteiger partial charge in [-0.2, -0.15) is 5.10 Å². The Hall–Kier alpha value is -1.72. The van der Waals surface area contributed by atoms with Gasteiger partial charge in [-0.15, -0.1) is 0 Å². The zero-order valence-corrected chi connectivity index (χ0v) is 13.1. The predicted octanol–water partition coefficient (Wildman–Crippen LogP) is 2.13. The van der Waals surface area contributed by atoms with Gasteiger partial charge in [0.2, 0.25) is 0 Å². The minimum absolute atomic E-state index is 0.733. The second-order valence-electron chi connectivity index (χ2n) is 4.90. The molecule has 0 unspecified atom stereocenters. The van der Waals surface area contributed by atoms with Crippen molar-refractivity contribution >= 4 is 0 Å². The van der Waals surface area contributed by atoms with E-state index in [-0.39, 0.29) is 0 Å². The predicted molar refractivity (Wildman–Crippen MR) is 83.7 cm³/mol. The van der Waals surface area contributed by atoms with Gasteiger partial charge in [0.05, 0.1) is 12.3 Å². The molecule has 2 aromatic rings. The van der Waals surface area contributed by atoms with Crippen molar-refractivity contribution in [3.05, 3.63) is 41.5 Å². The van der Waals surface area contributed by atoms with Crippen LogP contribution in [0.5, 0.6) is 0 Å². The Morgan fingerprint density at radius 1 is 1.14 bits per heavy atom. The molecule has 5 heteroatoms. The van der Waals surface area contributed by atoms with Crippen molar-refractivity contribution in [1.29, 1.82) is 0 Å². The van der Waals surface area contributed by atoms with Crippen molar-refractivity contribution < 1.29 is 4.74 Å². The molecule has 1 aromatic heterocycles. The molecule has 0 amide bonds. The highest BCUT2D eigenvalue weighted by Crippen LogP contribution is 2.12. The van der Waals surface area contributed by atoms with Gasteiger partial charge in [-0.1, -0.05) is 26.0 Å². The summed E-state index contributed by atoms with van der Waals surface area (Å²) >= 11 is 0. The SMILES string of the molecule is CCc1nc(CC)n(-c2ccc(CNCCOC)cc2)n1. The highest BCUT2D eigenvalue weighted by atomic mass is 16.5. The van der Waals surface area contributed by atoms with E-state index in [1.165, 1.54) is 5.56 Å². The largest absolute Gasteiger partial charge is 0.383 e. The van der Waals surface area contributed by atoms with E-state index >= 15 is 0 Å². The number of aryl methyl sites for hydroxylation is 2. The topological polar surface area (TPSA) is 52.0 Å². The van der Waals surface area contributed by atoms with E-state index in [0.29, 0.717) is 0 Å². The second kappa shape index (κ2) is 7.90. The molecule has 2 rings (SSSR count). The van der Waals surface area contributed by atoms with Crippen LogP contribution in [0.15, 0.2) is 24.3 Å². The molecule has 0 aliphatic carbocycles. The monoisotopic (exact) mass is 288 g/mol. The van der Waals surface area contributed by atoms with Gasteiger partial charge in [-0.3, -0.25) is 0 Å². The summed E-state index contributed by atoms with van der Waals surface area (Å²) in [5.41, 5.74) is 2.32. The van der Waals surface area contributed by atoms with Gasteiger partial charge in [0.25, 0.3) is 0 Å². The van der Waals surface area contributed by atoms with Crippen LogP contribution in [0.2, 0.25) is 0 Å². The average Bonchev–Trinajstić information content (AvgIpc) is 2.95. The van der Waals surface area contributed by atoms with E-state index in [1.54, 1.807) is 7.11 Å². The Labute approximate surface area is 126 Å². The molecule has 0 radical (unpaired) electrons. The summed E-state index contributed by atoms with van der Waals surface area (Å²) < 4.78 is 6.96. The van der Waals surface area contributed by atoms with Crippen LogP contribution in [0.4, 0.5) is 0 Å². The summed E-state index contributed by atoms with van der Waals surface area (Å²) in [5.74, 6) is 1.91. The number of aromatic nitrogens is 3. The van der Waals surface area contributed by atoms with Gasteiger partial charge < -0.3 is 10.1 Å². The molecule has 1 N–H and O–H groups in total. The van der Waals surface area contributed by atoms with Crippen LogP contribution in [0.25, 0.3) is 5.69 Å². The van der Waals surface area contributed by atoms with Crippen LogP contribution in [-0.4, -0.2) is 35.0 Å². The van der Waals surface area contributed by atoms with E-state index in [0.717, 1.165) is 49.9 Å². The Bertz CT molecular complexity index is 548. The Balaban J connectivity index is 2.06. The van der Waals surface area contributed by atoms with Crippen molar-refractivity contribution in [3.63, 3.8) is 0 Å². The lowest BCUT2D eigenvalue weighted by Gasteiger charge is -2.07. The van der Waals surface area contributed by atoms with Crippen molar-refractivity contribution in [1.82, 2.24) is 20.1 Å². The summed E-state index contributed by atoms with van der Waals surface area (Å²) in [6.07, 6.45) is 1.74. The molecule has 21 heavy (non-hydrogen) atoms. The Morgan fingerprint density at radius 3 is 2.52 bits per heavy atom. The molecule has 0 saturated carbocycles. The molecule has 0 aliphatic heterocycles. The van der Waals surface area contributed by atoms with Crippen molar-refractivity contribution in [3.8, 4) is 5.69 Å². The fourth-order valence-electron chi connectivity index (χ4n) is 2.14. The molecule has 1 heterocycles. The molecular weight excluding hydrogens is 264 g/mol. The third kappa shape index (κ3) is 4.12. The maximum absolute atomic E-state index is 5.01. The van der Waals surface area contributed by atoms with Crippen molar-refractivity contribution in [2.24, 2.45) is 0 Å². The molecule has 0 saturated heterocycles. The van der Waals surface area contributed by atoms with Gasteiger partial charge in [0.1, 0.15) is 5.82 Å². The standard InChI is InChI=1S/C16H24N4O/c1-4-15-18-16(5-2)20(19-15)14-8-6-13(7-9-14)12-17-10-11-21-3/h6-9,17H,4-5,10-12H2,1-3H3. The number of nitrogens with one attached hydrogen (secondary N) is 1. The molecule has 5 nitrogen and oxygen atoms in total. The van der Waals surface area contributed by atoms with Gasteiger partial charge in [0.15, 0.2) is 5.82 Å². The number of ether oxygens (including phenoxy) is 1. The summed E-state index contributed by atoms with van der Waals surface area (Å²) in [7, 11) is 1.71. The summed E-state index contributed by atoms with van der Waals surface area (Å²) in [4.78, 5) is 4.54. The van der Waals surface area contributed by atoms with E-state index in [9.17, 15) is 0 Å². The minimum atomic E-state index is 0.733. The third-order valence-electron chi connectivity index (χ3n) is 3.34. The van der Waals surface area contributed by atoms with Gasteiger partial charge >= 0.3 is 0 Å². The zero-order valence-electron chi connectivity index (χ0n) is 13.1. The van der Waals surface area contributed by atoms with E-state index in [1.807, 2.05) is 4.68 Å². The van der Waals surface area contributed by atoms with Gasteiger partial charge in [-0.25, -0.2) is 9.67 Å². The molecule has 0 atom stereocenters. The molecule has 1 aromatic carbocycles. The highest BCUT2D eigenvalue weighted by Gasteiger charge is 2.08. The first-order valence-electron chi connectivity index (χ1n) is 7.52. The molecule has 0 bridgehead atoms. The molecule has 0 fully saturated rings. The van der Waals surface area contributed by atoms with Crippen LogP contribution < -0.4 is 5.32 Å². The lowest BCUT2D eigenvalue weighted by atomic mass is 10.2. The number of benzene rings is 1. The van der Waals surface area contributed by atoms with Crippen molar-refractivity contribution in [2.75, 3.05) is 20.3 Å². The van der Waals surface area contributed by atoms with E-state index in [4.69, 9.17) is 4.74 Å². The van der Waals surface area contributed by atoms with E-state index < -0.39 is 0 Å². The first-order valence-corrected chi connectivity index (χ1v) is 7.52. The minimum Gasteiger partial charge on any atom is -0.383 e. The van der Waals surface area contributed by atoms with Crippen LogP contribution in [0.3, 0.4) is 0 Å². The number of methoxy groups -OCH3 is 1. The zero-order chi connectivity index (χ0) is 15.1. The lowest BCUT2D eigenvalue weighted by Crippen LogP contribution is -2.18. The number of rotatable bonds is 8. The molecule has 114 valence electrons. The second-order valence-corrected chi connectivity index (χ2v) is 4.90. The third-order valence-corrected chi connectivity index (χ3v) is 3.34. The van der Waals surface area contributed by atoms with Crippen LogP contribution in [0.1, 0.15) is 31.1 Å². The Kier molecular flexibility index (Phi) is 5.90. The summed E-state index contributed by atoms with van der Waals surface area (Å²) in [6.45, 7) is 6.63. The van der Waals surface area contributed by atoms with Gasteiger partial charge in [-0.05, 0) is 17.7 Å². The summed E-state index contributed by atoms with van der Waals surface area (Å²) in [5, 5.41) is 7.90. The van der Waals surface area contributed by atoms with Crippen LogP contribution in [0, 0.1) is 0 Å². The van der Waals surface area contributed by atoms with E-state index in [2.05, 4.69) is 53.5 Å². The number of hydrogen-bond acceptors (Lipinski definition) is 4. The Morgan fingerprint density at radius 2 is 1.90 bits per heavy atom. The van der Waals surface area contributed by atoms with Crippen LogP contribution in [-0.2, 0) is 24.1 Å². The number of hydrogen-bond donors (Lipinski definition) is 1. The maximum Gasteiger partial charge on any atom is 0.151 e. The molecular formula is C16H24N4O.